The molecule has 0 spiro atoms. The van der Waals surface area contributed by atoms with E-state index < -0.39 is 11.6 Å². The van der Waals surface area contributed by atoms with Crippen molar-refractivity contribution < 1.29 is 23.5 Å². The number of aromatic hydroxyl groups is 1. The number of hydrazone groups is 1. The molecule has 0 aromatic heterocycles. The molecule has 7 nitrogen and oxygen atoms in total. The van der Waals surface area contributed by atoms with E-state index in [0.717, 1.165) is 18.3 Å². The first-order valence-electron chi connectivity index (χ1n) is 9.00. The lowest BCUT2D eigenvalue weighted by Gasteiger charge is -2.34. The smallest absolute Gasteiger partial charge is 0.254 e. The number of rotatable bonds is 5. The normalized spacial score (nSPS) is 14.9. The molecule has 0 saturated carbocycles. The lowest BCUT2D eigenvalue weighted by atomic mass is 10.2. The van der Waals surface area contributed by atoms with Gasteiger partial charge in [-0.15, -0.1) is 0 Å². The minimum Gasteiger partial charge on any atom is -0.507 e. The average Bonchev–Trinajstić information content (AvgIpc) is 2.71. The van der Waals surface area contributed by atoms with Gasteiger partial charge >= 0.3 is 0 Å². The maximum atomic E-state index is 13.1. The van der Waals surface area contributed by atoms with E-state index in [1.165, 1.54) is 30.3 Å². The second-order valence-electron chi connectivity index (χ2n) is 6.57. The summed E-state index contributed by atoms with van der Waals surface area (Å²) in [5.74, 6) is -1.60. The fourth-order valence-corrected chi connectivity index (χ4v) is 2.93. The molecule has 2 aromatic carbocycles. The van der Waals surface area contributed by atoms with Crippen molar-refractivity contribution in [2.24, 2.45) is 5.10 Å². The quantitative estimate of drug-likeness (QED) is 0.588. The summed E-state index contributed by atoms with van der Waals surface area (Å²) in [6, 6.07) is 8.81. The summed E-state index contributed by atoms with van der Waals surface area (Å²) in [6.45, 7) is 2.00. The number of nitrogens with zero attached hydrogens (tertiary/aromatic N) is 3. The predicted octanol–water partition coefficient (Wildman–Crippen LogP) is 1.58. The Hall–Kier alpha value is -3.33. The molecule has 0 unspecified atom stereocenters. The minimum absolute atomic E-state index is 0.0883. The average molecular weight is 402 g/mol. The van der Waals surface area contributed by atoms with E-state index in [-0.39, 0.29) is 29.7 Å². The zero-order chi connectivity index (χ0) is 20.8. The molecular weight excluding hydrogens is 382 g/mol. The first-order valence-corrected chi connectivity index (χ1v) is 9.00. The molecule has 0 bridgehead atoms. The van der Waals surface area contributed by atoms with Crippen LogP contribution in [0.15, 0.2) is 47.6 Å². The first-order chi connectivity index (χ1) is 13.9. The maximum Gasteiger partial charge on any atom is 0.254 e. The largest absolute Gasteiger partial charge is 0.507 e. The van der Waals surface area contributed by atoms with Gasteiger partial charge in [-0.2, -0.15) is 5.10 Å². The highest BCUT2D eigenvalue weighted by atomic mass is 19.1. The molecule has 1 aliphatic heterocycles. The molecule has 29 heavy (non-hydrogen) atoms. The second kappa shape index (κ2) is 9.24. The Morgan fingerprint density at radius 3 is 2.38 bits per heavy atom. The standard InChI is InChI=1S/C20H20F2N4O3/c21-16-3-1-14(2-4-16)20(29)26-9-7-25(8-10-26)13-19(28)24-23-12-15-11-17(22)5-6-18(15)27/h1-6,11-12,27H,7-10,13H2,(H,24,28)/b23-12+. The minimum atomic E-state index is -0.524. The molecule has 1 fully saturated rings. The van der Waals surface area contributed by atoms with E-state index >= 15 is 0 Å². The second-order valence-corrected chi connectivity index (χ2v) is 6.57. The Bertz CT molecular complexity index is 910. The molecule has 9 heteroatoms. The Morgan fingerprint density at radius 2 is 1.69 bits per heavy atom. The van der Waals surface area contributed by atoms with Crippen LogP contribution in [-0.4, -0.2) is 65.7 Å². The van der Waals surface area contributed by atoms with E-state index in [1.807, 2.05) is 4.90 Å². The van der Waals surface area contributed by atoms with Gasteiger partial charge < -0.3 is 10.0 Å². The molecule has 2 N–H and O–H groups in total. The third kappa shape index (κ3) is 5.58. The lowest BCUT2D eigenvalue weighted by Crippen LogP contribution is -2.50. The van der Waals surface area contributed by atoms with Gasteiger partial charge in [0.1, 0.15) is 17.4 Å². The van der Waals surface area contributed by atoms with E-state index in [4.69, 9.17) is 0 Å². The number of phenols is 1. The summed E-state index contributed by atoms with van der Waals surface area (Å²) in [5.41, 5.74) is 2.90. The summed E-state index contributed by atoms with van der Waals surface area (Å²) in [5, 5.41) is 13.3. The van der Waals surface area contributed by atoms with Crippen LogP contribution in [-0.2, 0) is 4.79 Å². The number of phenolic OH excluding ortho intramolecular Hbond substituents is 1. The van der Waals surface area contributed by atoms with Gasteiger partial charge in [-0.25, -0.2) is 14.2 Å². The van der Waals surface area contributed by atoms with Gasteiger partial charge in [0.2, 0.25) is 0 Å². The SMILES string of the molecule is O=C(CN1CCN(C(=O)c2ccc(F)cc2)CC1)N/N=C/c1cc(F)ccc1O. The number of benzene rings is 2. The molecule has 3 rings (SSSR count). The maximum absolute atomic E-state index is 13.1. The summed E-state index contributed by atoms with van der Waals surface area (Å²) >= 11 is 0. The Balaban J connectivity index is 1.44. The summed E-state index contributed by atoms with van der Waals surface area (Å²) in [6.07, 6.45) is 1.16. The predicted molar refractivity (Wildman–Crippen MR) is 103 cm³/mol. The fraction of sp³-hybridized carbons (Fsp3) is 0.250. The van der Waals surface area contributed by atoms with Crippen LogP contribution in [0.5, 0.6) is 5.75 Å². The topological polar surface area (TPSA) is 85.2 Å². The Morgan fingerprint density at radius 1 is 1.03 bits per heavy atom. The van der Waals surface area contributed by atoms with Crippen molar-refractivity contribution in [2.45, 2.75) is 0 Å². The summed E-state index contributed by atoms with van der Waals surface area (Å²) < 4.78 is 26.1. The van der Waals surface area contributed by atoms with Gasteiger partial charge in [-0.1, -0.05) is 0 Å². The summed E-state index contributed by atoms with van der Waals surface area (Å²) in [7, 11) is 0. The highest BCUT2D eigenvalue weighted by molar-refractivity contribution is 5.94. The number of hydrogen-bond acceptors (Lipinski definition) is 5. The van der Waals surface area contributed by atoms with Crippen LogP contribution in [0.4, 0.5) is 8.78 Å². The van der Waals surface area contributed by atoms with Crippen molar-refractivity contribution in [1.82, 2.24) is 15.2 Å². The van der Waals surface area contributed by atoms with E-state index in [1.54, 1.807) is 4.90 Å². The van der Waals surface area contributed by atoms with Gasteiger partial charge in [-0.3, -0.25) is 14.5 Å². The Kier molecular flexibility index (Phi) is 6.50. The number of amides is 2. The summed E-state index contributed by atoms with van der Waals surface area (Å²) in [4.78, 5) is 27.9. The van der Waals surface area contributed by atoms with Crippen LogP contribution < -0.4 is 5.43 Å². The number of nitrogens with one attached hydrogen (secondary N) is 1. The molecule has 2 aromatic rings. The number of carbonyl (C=O) groups excluding carboxylic acids is 2. The van der Waals surface area contributed by atoms with Gasteiger partial charge in [0.15, 0.2) is 0 Å². The number of hydrogen-bond donors (Lipinski definition) is 2. The lowest BCUT2D eigenvalue weighted by molar-refractivity contribution is -0.122. The zero-order valence-electron chi connectivity index (χ0n) is 15.5. The molecule has 1 heterocycles. The number of piperazine rings is 1. The van der Waals surface area contributed by atoms with Crippen LogP contribution in [0.3, 0.4) is 0 Å². The van der Waals surface area contributed by atoms with Crippen LogP contribution in [0, 0.1) is 11.6 Å². The third-order valence-corrected chi connectivity index (χ3v) is 4.50. The van der Waals surface area contributed by atoms with E-state index in [2.05, 4.69) is 10.5 Å². The first kappa shape index (κ1) is 20.4. The fourth-order valence-electron chi connectivity index (χ4n) is 2.93. The van der Waals surface area contributed by atoms with Crippen molar-refractivity contribution in [3.63, 3.8) is 0 Å². The monoisotopic (exact) mass is 402 g/mol. The highest BCUT2D eigenvalue weighted by Gasteiger charge is 2.23. The van der Waals surface area contributed by atoms with Crippen molar-refractivity contribution in [1.29, 1.82) is 0 Å². The molecule has 152 valence electrons. The highest BCUT2D eigenvalue weighted by Crippen LogP contribution is 2.15. The molecular formula is C20H20F2N4O3. The van der Waals surface area contributed by atoms with Crippen LogP contribution in [0.25, 0.3) is 0 Å². The molecule has 1 saturated heterocycles. The van der Waals surface area contributed by atoms with Crippen molar-refractivity contribution in [3.05, 3.63) is 65.2 Å². The van der Waals surface area contributed by atoms with Gasteiger partial charge in [0.05, 0.1) is 12.8 Å². The van der Waals surface area contributed by atoms with Gasteiger partial charge in [-0.05, 0) is 42.5 Å². The number of carbonyl (C=O) groups is 2. The van der Waals surface area contributed by atoms with Crippen molar-refractivity contribution >= 4 is 18.0 Å². The van der Waals surface area contributed by atoms with Crippen molar-refractivity contribution in [3.8, 4) is 5.75 Å². The third-order valence-electron chi connectivity index (χ3n) is 4.50. The van der Waals surface area contributed by atoms with Gasteiger partial charge in [0, 0.05) is 37.3 Å². The molecule has 2 amide bonds. The van der Waals surface area contributed by atoms with Crippen LogP contribution >= 0.6 is 0 Å². The Labute approximate surface area is 166 Å². The van der Waals surface area contributed by atoms with Gasteiger partial charge in [0.25, 0.3) is 11.8 Å². The van der Waals surface area contributed by atoms with E-state index in [0.29, 0.717) is 31.7 Å². The number of halogens is 2. The van der Waals surface area contributed by atoms with E-state index in [9.17, 15) is 23.5 Å². The molecule has 0 aliphatic carbocycles. The molecule has 0 radical (unpaired) electrons. The molecule has 0 atom stereocenters. The van der Waals surface area contributed by atoms with Crippen molar-refractivity contribution in [2.75, 3.05) is 32.7 Å². The van der Waals surface area contributed by atoms with Crippen LogP contribution in [0.2, 0.25) is 0 Å². The van der Waals surface area contributed by atoms with Crippen LogP contribution in [0.1, 0.15) is 15.9 Å². The molecule has 1 aliphatic rings. The zero-order valence-corrected chi connectivity index (χ0v) is 15.5.